The van der Waals surface area contributed by atoms with E-state index in [1.807, 2.05) is 6.07 Å². The summed E-state index contributed by atoms with van der Waals surface area (Å²) in [6.45, 7) is 0. The highest BCUT2D eigenvalue weighted by atomic mass is 79.9. The van der Waals surface area contributed by atoms with E-state index in [-0.39, 0.29) is 22.8 Å². The lowest BCUT2D eigenvalue weighted by atomic mass is 10.1. The van der Waals surface area contributed by atoms with Crippen molar-refractivity contribution in [3.05, 3.63) is 68.4 Å². The number of rotatable bonds is 5. The van der Waals surface area contributed by atoms with E-state index in [4.69, 9.17) is 9.47 Å². The van der Waals surface area contributed by atoms with E-state index in [1.165, 1.54) is 24.9 Å². The van der Waals surface area contributed by atoms with Gasteiger partial charge in [0.15, 0.2) is 16.7 Å². The van der Waals surface area contributed by atoms with E-state index >= 15 is 0 Å². The molecular formula is C20H14BrN3O4S. The molecule has 0 radical (unpaired) electrons. The van der Waals surface area contributed by atoms with Gasteiger partial charge in [-0.3, -0.25) is 4.79 Å². The molecule has 0 bridgehead atoms. The summed E-state index contributed by atoms with van der Waals surface area (Å²) in [6.07, 6.45) is 1.76. The molecule has 3 rings (SSSR count). The average molecular weight is 472 g/mol. The standard InChI is InChI=1S/C20H14BrN3O4S/c1-27-15-8-12(17-13(10-22)18(25)24-20(23-17)29-2)14(21)9-16(15)28-19(26)11-6-4-3-5-7-11/h3-9H,1-2H3,(H,23,24,25). The van der Waals surface area contributed by atoms with Gasteiger partial charge in [-0.05, 0) is 46.5 Å². The number of nitriles is 1. The third-order valence-electron chi connectivity index (χ3n) is 3.92. The minimum atomic E-state index is -0.541. The van der Waals surface area contributed by atoms with Crippen LogP contribution in [0.15, 0.2) is 56.9 Å². The lowest BCUT2D eigenvalue weighted by molar-refractivity contribution is 0.0729. The molecule has 1 aromatic heterocycles. The summed E-state index contributed by atoms with van der Waals surface area (Å²) >= 11 is 4.66. The smallest absolute Gasteiger partial charge is 0.343 e. The maximum Gasteiger partial charge on any atom is 0.343 e. The van der Waals surface area contributed by atoms with Crippen LogP contribution in [0.2, 0.25) is 0 Å². The quantitative estimate of drug-likeness (QED) is 0.259. The molecule has 0 saturated heterocycles. The van der Waals surface area contributed by atoms with Crippen LogP contribution in [0.5, 0.6) is 11.5 Å². The summed E-state index contributed by atoms with van der Waals surface area (Å²) in [4.78, 5) is 31.5. The highest BCUT2D eigenvalue weighted by molar-refractivity contribution is 9.10. The zero-order valence-electron chi connectivity index (χ0n) is 15.4. The molecule has 0 unspecified atom stereocenters. The van der Waals surface area contributed by atoms with E-state index in [9.17, 15) is 14.9 Å². The molecule has 29 heavy (non-hydrogen) atoms. The number of hydrogen-bond donors (Lipinski definition) is 1. The van der Waals surface area contributed by atoms with Crippen LogP contribution in [0, 0.1) is 11.3 Å². The Morgan fingerprint density at radius 2 is 1.97 bits per heavy atom. The number of nitrogens with zero attached hydrogens (tertiary/aromatic N) is 2. The van der Waals surface area contributed by atoms with Gasteiger partial charge in [-0.1, -0.05) is 30.0 Å². The van der Waals surface area contributed by atoms with E-state index in [0.717, 1.165) is 0 Å². The number of ether oxygens (including phenoxy) is 2. The number of H-pyrrole nitrogens is 1. The number of halogens is 1. The minimum Gasteiger partial charge on any atom is -0.493 e. The number of aromatic nitrogens is 2. The van der Waals surface area contributed by atoms with Gasteiger partial charge in [-0.2, -0.15) is 5.26 Å². The molecule has 1 N–H and O–H groups in total. The number of esters is 1. The predicted octanol–water partition coefficient (Wildman–Crippen LogP) is 4.02. The van der Waals surface area contributed by atoms with Crippen LogP contribution in [0.25, 0.3) is 11.3 Å². The summed E-state index contributed by atoms with van der Waals surface area (Å²) in [5.74, 6) is -0.102. The maximum atomic E-state index is 12.4. The van der Waals surface area contributed by atoms with E-state index in [1.54, 1.807) is 42.7 Å². The topological polar surface area (TPSA) is 105 Å². The predicted molar refractivity (Wildman–Crippen MR) is 112 cm³/mol. The van der Waals surface area contributed by atoms with Crippen LogP contribution in [-0.4, -0.2) is 29.3 Å². The molecule has 0 saturated carbocycles. The molecule has 0 aliphatic carbocycles. The van der Waals surface area contributed by atoms with Gasteiger partial charge in [-0.15, -0.1) is 0 Å². The normalized spacial score (nSPS) is 10.3. The number of carbonyl (C=O) groups is 1. The molecule has 146 valence electrons. The summed E-state index contributed by atoms with van der Waals surface area (Å²) < 4.78 is 11.3. The Morgan fingerprint density at radius 3 is 2.59 bits per heavy atom. The van der Waals surface area contributed by atoms with Gasteiger partial charge in [0.1, 0.15) is 11.6 Å². The lowest BCUT2D eigenvalue weighted by Gasteiger charge is -2.13. The fourth-order valence-electron chi connectivity index (χ4n) is 2.54. The molecule has 2 aromatic carbocycles. The van der Waals surface area contributed by atoms with Crippen LogP contribution in [-0.2, 0) is 0 Å². The summed E-state index contributed by atoms with van der Waals surface area (Å²) in [7, 11) is 1.43. The Balaban J connectivity index is 2.09. The van der Waals surface area contributed by atoms with Gasteiger partial charge in [0.05, 0.1) is 18.4 Å². The number of nitrogens with one attached hydrogen (secondary N) is 1. The number of hydrogen-bond acceptors (Lipinski definition) is 7. The van der Waals surface area contributed by atoms with Crippen molar-refractivity contribution in [1.82, 2.24) is 9.97 Å². The Labute approximate surface area is 178 Å². The highest BCUT2D eigenvalue weighted by Gasteiger charge is 2.20. The molecule has 0 spiro atoms. The van der Waals surface area contributed by atoms with Gasteiger partial charge in [0.25, 0.3) is 5.56 Å². The van der Waals surface area contributed by atoms with Crippen LogP contribution in [0.3, 0.4) is 0 Å². The van der Waals surface area contributed by atoms with Crippen molar-refractivity contribution in [2.45, 2.75) is 5.16 Å². The lowest BCUT2D eigenvalue weighted by Crippen LogP contribution is -2.15. The fourth-order valence-corrected chi connectivity index (χ4v) is 3.42. The average Bonchev–Trinajstić information content (AvgIpc) is 2.74. The maximum absolute atomic E-state index is 12.4. The second kappa shape index (κ2) is 8.94. The molecule has 0 atom stereocenters. The summed E-state index contributed by atoms with van der Waals surface area (Å²) in [5.41, 5.74) is 0.389. The minimum absolute atomic E-state index is 0.125. The van der Waals surface area contributed by atoms with Crippen LogP contribution in [0.4, 0.5) is 0 Å². The van der Waals surface area contributed by atoms with Crippen molar-refractivity contribution >= 4 is 33.7 Å². The Hall–Kier alpha value is -3.09. The van der Waals surface area contributed by atoms with E-state index < -0.39 is 11.5 Å². The van der Waals surface area contributed by atoms with Gasteiger partial charge in [-0.25, -0.2) is 9.78 Å². The first-order valence-corrected chi connectivity index (χ1v) is 10.2. The van der Waals surface area contributed by atoms with Crippen molar-refractivity contribution in [1.29, 1.82) is 5.26 Å². The number of benzene rings is 2. The Bertz CT molecular complexity index is 1170. The number of thioether (sulfide) groups is 1. The van der Waals surface area contributed by atoms with Crippen LogP contribution < -0.4 is 15.0 Å². The van der Waals surface area contributed by atoms with Crippen molar-refractivity contribution in [2.75, 3.05) is 13.4 Å². The van der Waals surface area contributed by atoms with Gasteiger partial charge >= 0.3 is 5.97 Å². The van der Waals surface area contributed by atoms with Crippen molar-refractivity contribution in [3.63, 3.8) is 0 Å². The molecule has 0 amide bonds. The van der Waals surface area contributed by atoms with E-state index in [2.05, 4.69) is 25.9 Å². The zero-order valence-corrected chi connectivity index (χ0v) is 17.8. The van der Waals surface area contributed by atoms with Crippen LogP contribution >= 0.6 is 27.7 Å². The number of methoxy groups -OCH3 is 1. The molecule has 1 heterocycles. The monoisotopic (exact) mass is 471 g/mol. The molecule has 7 nitrogen and oxygen atoms in total. The van der Waals surface area contributed by atoms with Crippen molar-refractivity contribution < 1.29 is 14.3 Å². The second-order valence-electron chi connectivity index (χ2n) is 5.65. The molecular weight excluding hydrogens is 458 g/mol. The SMILES string of the molecule is COc1cc(-c2nc(SC)[nH]c(=O)c2C#N)c(Br)cc1OC(=O)c1ccccc1. The third kappa shape index (κ3) is 4.34. The zero-order chi connectivity index (χ0) is 21.0. The Morgan fingerprint density at radius 1 is 1.24 bits per heavy atom. The van der Waals surface area contributed by atoms with Crippen LogP contribution in [0.1, 0.15) is 15.9 Å². The number of aromatic amines is 1. The summed E-state index contributed by atoms with van der Waals surface area (Å²) in [5, 5.41) is 9.78. The first-order chi connectivity index (χ1) is 14.0. The van der Waals surface area contributed by atoms with Gasteiger partial charge in [0, 0.05) is 10.0 Å². The Kier molecular flexibility index (Phi) is 6.36. The van der Waals surface area contributed by atoms with Gasteiger partial charge < -0.3 is 14.5 Å². The molecule has 9 heteroatoms. The molecule has 0 aliphatic rings. The van der Waals surface area contributed by atoms with Crippen molar-refractivity contribution in [3.8, 4) is 28.8 Å². The summed E-state index contributed by atoms with van der Waals surface area (Å²) in [6, 6.07) is 13.5. The highest BCUT2D eigenvalue weighted by Crippen LogP contribution is 2.39. The van der Waals surface area contributed by atoms with Crippen molar-refractivity contribution in [2.24, 2.45) is 0 Å². The fraction of sp³-hybridized carbons (Fsp3) is 0.100. The second-order valence-corrected chi connectivity index (χ2v) is 7.30. The molecule has 0 fully saturated rings. The number of carbonyl (C=O) groups excluding carboxylic acids is 1. The first kappa shape index (κ1) is 20.6. The molecule has 3 aromatic rings. The van der Waals surface area contributed by atoms with E-state index in [0.29, 0.717) is 20.8 Å². The van der Waals surface area contributed by atoms with Gasteiger partial charge in [0.2, 0.25) is 0 Å². The third-order valence-corrected chi connectivity index (χ3v) is 5.16. The molecule has 0 aliphatic heterocycles. The largest absolute Gasteiger partial charge is 0.493 e. The first-order valence-electron chi connectivity index (χ1n) is 8.22.